The van der Waals surface area contributed by atoms with E-state index < -0.39 is 0 Å². The van der Waals surface area contributed by atoms with Gasteiger partial charge in [0.1, 0.15) is 22.7 Å². The minimum Gasteiger partial charge on any atom is -0.461 e. The molecule has 0 aliphatic heterocycles. The molecule has 0 aliphatic carbocycles. The molecule has 0 bridgehead atoms. The second kappa shape index (κ2) is 7.33. The Hall–Kier alpha value is -3.85. The van der Waals surface area contributed by atoms with E-state index in [-0.39, 0.29) is 5.41 Å². The third-order valence-corrected chi connectivity index (χ3v) is 6.71. The highest BCUT2D eigenvalue weighted by molar-refractivity contribution is 6.03. The van der Waals surface area contributed by atoms with Crippen LogP contribution in [0.2, 0.25) is 0 Å². The van der Waals surface area contributed by atoms with Gasteiger partial charge in [-0.05, 0) is 65.9 Å². The smallest absolute Gasteiger partial charge is 0.139 e. The van der Waals surface area contributed by atoms with Crippen LogP contribution in [0, 0.1) is 13.8 Å². The van der Waals surface area contributed by atoms with Crippen molar-refractivity contribution in [1.29, 1.82) is 0 Å². The molecule has 0 N–H and O–H groups in total. The predicted molar refractivity (Wildman–Crippen MR) is 140 cm³/mol. The number of hydrogen-bond donors (Lipinski definition) is 0. The van der Waals surface area contributed by atoms with Crippen molar-refractivity contribution >= 4 is 32.7 Å². The van der Waals surface area contributed by atoms with E-state index in [1.165, 1.54) is 16.3 Å². The Kier molecular flexibility index (Phi) is 4.47. The van der Waals surface area contributed by atoms with Gasteiger partial charge in [-0.1, -0.05) is 57.2 Å². The first-order valence-electron chi connectivity index (χ1n) is 11.7. The Morgan fingerprint density at radius 1 is 0.765 bits per heavy atom. The van der Waals surface area contributed by atoms with Gasteiger partial charge < -0.3 is 8.83 Å². The van der Waals surface area contributed by atoms with Crippen molar-refractivity contribution in [2.45, 2.75) is 40.0 Å². The van der Waals surface area contributed by atoms with Crippen molar-refractivity contribution in [3.8, 4) is 22.6 Å². The highest BCUT2D eigenvalue weighted by Crippen LogP contribution is 2.42. The lowest BCUT2D eigenvalue weighted by Gasteiger charge is -2.22. The molecule has 3 aromatic heterocycles. The molecule has 0 fully saturated rings. The number of fused-ring (bicyclic) bond motifs is 3. The fourth-order valence-corrected chi connectivity index (χ4v) is 5.12. The molecule has 0 amide bonds. The third kappa shape index (κ3) is 3.15. The first-order chi connectivity index (χ1) is 16.3. The van der Waals surface area contributed by atoms with Crippen LogP contribution in [0.15, 0.2) is 81.8 Å². The van der Waals surface area contributed by atoms with Crippen LogP contribution < -0.4 is 0 Å². The predicted octanol–water partition coefficient (Wildman–Crippen LogP) is 8.98. The van der Waals surface area contributed by atoms with E-state index in [0.717, 1.165) is 55.8 Å². The van der Waals surface area contributed by atoms with Gasteiger partial charge in [-0.2, -0.15) is 0 Å². The largest absolute Gasteiger partial charge is 0.461 e. The van der Waals surface area contributed by atoms with E-state index >= 15 is 0 Å². The molecule has 0 atom stereocenters. The van der Waals surface area contributed by atoms with Crippen LogP contribution in [-0.2, 0) is 5.41 Å². The minimum atomic E-state index is 0.00883. The van der Waals surface area contributed by atoms with Crippen LogP contribution in [0.1, 0.15) is 37.7 Å². The first kappa shape index (κ1) is 20.7. The fraction of sp³-hybridized carbons (Fsp3) is 0.194. The summed E-state index contributed by atoms with van der Waals surface area (Å²) in [5.74, 6) is 1.76. The molecule has 0 aliphatic rings. The zero-order valence-electron chi connectivity index (χ0n) is 20.2. The number of rotatable bonds is 2. The molecular weight excluding hydrogens is 418 g/mol. The average Bonchev–Trinajstić information content (AvgIpc) is 3.36. The van der Waals surface area contributed by atoms with Crippen molar-refractivity contribution in [2.75, 3.05) is 0 Å². The Morgan fingerprint density at radius 2 is 1.59 bits per heavy atom. The molecule has 3 heteroatoms. The lowest BCUT2D eigenvalue weighted by molar-refractivity contribution is 0.578. The molecule has 6 aromatic rings. The van der Waals surface area contributed by atoms with Gasteiger partial charge in [-0.25, -0.2) is 0 Å². The second-order valence-electron chi connectivity index (χ2n) is 10.2. The number of furan rings is 2. The molecular formula is C31H27NO2. The topological polar surface area (TPSA) is 39.2 Å². The maximum Gasteiger partial charge on any atom is 0.139 e. The van der Waals surface area contributed by atoms with E-state index in [1.807, 2.05) is 31.3 Å². The van der Waals surface area contributed by atoms with Gasteiger partial charge >= 0.3 is 0 Å². The van der Waals surface area contributed by atoms with Crippen LogP contribution in [0.4, 0.5) is 0 Å². The molecule has 0 saturated carbocycles. The van der Waals surface area contributed by atoms with Gasteiger partial charge in [0.2, 0.25) is 0 Å². The first-order valence-corrected chi connectivity index (χ1v) is 11.7. The van der Waals surface area contributed by atoms with E-state index in [2.05, 4.69) is 76.2 Å². The summed E-state index contributed by atoms with van der Waals surface area (Å²) < 4.78 is 12.3. The maximum absolute atomic E-state index is 6.47. The van der Waals surface area contributed by atoms with E-state index in [9.17, 15) is 0 Å². The van der Waals surface area contributed by atoms with Gasteiger partial charge in [0, 0.05) is 28.3 Å². The highest BCUT2D eigenvalue weighted by atomic mass is 16.3. The van der Waals surface area contributed by atoms with E-state index in [1.54, 1.807) is 0 Å². The molecule has 0 spiro atoms. The monoisotopic (exact) mass is 445 g/mol. The molecule has 6 rings (SSSR count). The Labute approximate surface area is 199 Å². The molecule has 0 radical (unpaired) electrons. The molecule has 168 valence electrons. The van der Waals surface area contributed by atoms with Crippen LogP contribution in [0.5, 0.6) is 0 Å². The summed E-state index contributed by atoms with van der Waals surface area (Å²) >= 11 is 0. The van der Waals surface area contributed by atoms with Crippen molar-refractivity contribution in [2.24, 2.45) is 0 Å². The number of hydrogen-bond acceptors (Lipinski definition) is 3. The summed E-state index contributed by atoms with van der Waals surface area (Å²) in [4.78, 5) is 4.86. The zero-order valence-corrected chi connectivity index (χ0v) is 20.2. The number of aromatic nitrogens is 1. The minimum absolute atomic E-state index is 0.00883. The summed E-state index contributed by atoms with van der Waals surface area (Å²) in [5, 5.41) is 4.64. The number of benzene rings is 3. The van der Waals surface area contributed by atoms with Gasteiger partial charge in [0.15, 0.2) is 0 Å². The van der Waals surface area contributed by atoms with Crippen molar-refractivity contribution in [3.63, 3.8) is 0 Å². The van der Waals surface area contributed by atoms with Gasteiger partial charge in [-0.3, -0.25) is 4.98 Å². The standard InChI is InChI=1S/C31H27NO2/c1-18-15-24-23(11-8-12-26(24)33-18)30-19(2)28-27(34-30)13-14-32-29(28)21-16-20-9-6-7-10-22(20)25(17-21)31(3,4)5/h6-17H,1-5H3. The summed E-state index contributed by atoms with van der Waals surface area (Å²) in [6, 6.07) is 23.3. The molecule has 3 nitrogen and oxygen atoms in total. The Morgan fingerprint density at radius 3 is 2.41 bits per heavy atom. The number of pyridine rings is 1. The van der Waals surface area contributed by atoms with E-state index in [4.69, 9.17) is 13.8 Å². The van der Waals surface area contributed by atoms with Gasteiger partial charge in [0.05, 0.1) is 11.1 Å². The molecule has 0 saturated heterocycles. The third-order valence-electron chi connectivity index (χ3n) is 6.71. The van der Waals surface area contributed by atoms with Crippen LogP contribution in [0.3, 0.4) is 0 Å². The quantitative estimate of drug-likeness (QED) is 0.267. The Balaban J connectivity index is 1.63. The van der Waals surface area contributed by atoms with Crippen LogP contribution in [-0.4, -0.2) is 4.98 Å². The SMILES string of the molecule is Cc1cc2c(-c3oc4ccnc(-c5cc(C(C)(C)C)c6ccccc6c5)c4c3C)cccc2o1. The zero-order chi connectivity index (χ0) is 23.6. The molecule has 3 aromatic carbocycles. The number of aryl methyl sites for hydroxylation is 2. The lowest BCUT2D eigenvalue weighted by atomic mass is 9.82. The summed E-state index contributed by atoms with van der Waals surface area (Å²) in [6.07, 6.45) is 1.85. The summed E-state index contributed by atoms with van der Waals surface area (Å²) in [6.45, 7) is 10.9. The molecule has 34 heavy (non-hydrogen) atoms. The number of nitrogens with zero attached hydrogens (tertiary/aromatic N) is 1. The van der Waals surface area contributed by atoms with Crippen molar-refractivity contribution in [3.05, 3.63) is 89.8 Å². The van der Waals surface area contributed by atoms with Crippen LogP contribution >= 0.6 is 0 Å². The summed E-state index contributed by atoms with van der Waals surface area (Å²) in [7, 11) is 0. The Bertz CT molecular complexity index is 1710. The van der Waals surface area contributed by atoms with Gasteiger partial charge in [-0.15, -0.1) is 0 Å². The van der Waals surface area contributed by atoms with E-state index in [0.29, 0.717) is 0 Å². The maximum atomic E-state index is 6.47. The molecule has 3 heterocycles. The lowest BCUT2D eigenvalue weighted by Crippen LogP contribution is -2.12. The van der Waals surface area contributed by atoms with Gasteiger partial charge in [0.25, 0.3) is 0 Å². The normalized spacial score (nSPS) is 12.3. The second-order valence-corrected chi connectivity index (χ2v) is 10.2. The van der Waals surface area contributed by atoms with Crippen molar-refractivity contribution < 1.29 is 8.83 Å². The molecule has 0 unspecified atom stereocenters. The fourth-order valence-electron chi connectivity index (χ4n) is 5.12. The van der Waals surface area contributed by atoms with Crippen molar-refractivity contribution in [1.82, 2.24) is 4.98 Å². The van der Waals surface area contributed by atoms with Crippen LogP contribution in [0.25, 0.3) is 55.3 Å². The highest BCUT2D eigenvalue weighted by Gasteiger charge is 2.22. The summed E-state index contributed by atoms with van der Waals surface area (Å²) in [5.41, 5.74) is 7.25. The average molecular weight is 446 g/mol.